The average Bonchev–Trinajstić information content (AvgIpc) is 1.65. The molecule has 4 aliphatic heterocycles. The van der Waals surface area contributed by atoms with Gasteiger partial charge < -0.3 is 60.0 Å². The molecule has 6 aromatic rings. The van der Waals surface area contributed by atoms with E-state index in [2.05, 4.69) is 19.9 Å². The van der Waals surface area contributed by atoms with E-state index in [1.165, 1.54) is 0 Å². The molecule has 0 aliphatic carbocycles. The SMILES string of the molecule is COC(C)c1c(C)c2cc3[nH]c(cc4nc(cc5nc(cc1[nH]2)C(C)=C5CCC(=O)O)C(CCC(=O)O)=C4C)c(C)c3C(C)O.COC(C)c1c(C)c2cc3nc(cc4nc(cc5[nH]c(cc1[nH]2)c(C)c5C(C)O)C(C)=C4CCC(=O)O)C(CCC(=O)O)=C3C. The lowest BCUT2D eigenvalue weighted by Crippen LogP contribution is -1.97. The molecule has 472 valence electrons. The topological polar surface area (TPSA) is 323 Å². The summed E-state index contributed by atoms with van der Waals surface area (Å²) < 4.78 is 11.5. The van der Waals surface area contributed by atoms with Crippen LogP contribution >= 0.6 is 0 Å². The molecule has 0 fully saturated rings. The molecule has 0 radical (unpaired) electrons. The van der Waals surface area contributed by atoms with E-state index in [4.69, 9.17) is 29.4 Å². The summed E-state index contributed by atoms with van der Waals surface area (Å²) in [6.07, 6.45) is -1.07. The molecule has 20 nitrogen and oxygen atoms in total. The van der Waals surface area contributed by atoms with Crippen molar-refractivity contribution in [3.05, 3.63) is 139 Å². The summed E-state index contributed by atoms with van der Waals surface area (Å²) in [6.45, 7) is 23.2. The van der Waals surface area contributed by atoms with Gasteiger partial charge in [0.05, 0.1) is 70.0 Å². The molecule has 0 spiro atoms. The minimum Gasteiger partial charge on any atom is -0.481 e. The standard InChI is InChI=1S/2C35H40N4O6/c1-16-22(8-10-32(41)42)28-15-29-23(9-11-33(43)44)17(2)25(37-29)13-30-34(20(5)40)18(3)27(38-30)14-31-35(21(6)45-7)19(4)26(39-31)12-24(16)36-28;1-16-22(8-10-32(41)42)28-15-29-23(9-11-33(43)44)17(2)25(37-29)13-31-35(21(6)45-7)19(4)27(39-31)14-30-34(20(5)40)18(3)26(38-30)12-24(16)36-28/h2*12-15,20-21,38-40H,8-11H2,1-7H3,(H,41,42)(H,43,44). The Morgan fingerprint density at radius 1 is 0.356 bits per heavy atom. The van der Waals surface area contributed by atoms with Crippen LogP contribution < -0.4 is 0 Å². The van der Waals surface area contributed by atoms with Crippen LogP contribution in [0.15, 0.2) is 48.5 Å². The van der Waals surface area contributed by atoms with Crippen LogP contribution in [0.3, 0.4) is 0 Å². The maximum atomic E-state index is 11.6. The van der Waals surface area contributed by atoms with Crippen molar-refractivity contribution < 1.29 is 59.3 Å². The van der Waals surface area contributed by atoms with Crippen molar-refractivity contribution in [3.8, 4) is 0 Å². The van der Waals surface area contributed by atoms with Crippen molar-refractivity contribution in [2.45, 2.75) is 159 Å². The van der Waals surface area contributed by atoms with Crippen LogP contribution in [0.2, 0.25) is 0 Å². The first-order valence-electron chi connectivity index (χ1n) is 30.2. The number of fused-ring (bicyclic) bond motifs is 16. The normalized spacial score (nSPS) is 14.7. The van der Waals surface area contributed by atoms with E-state index >= 15 is 0 Å². The van der Waals surface area contributed by atoms with E-state index in [0.29, 0.717) is 51.1 Å². The second kappa shape index (κ2) is 26.6. The van der Waals surface area contributed by atoms with Gasteiger partial charge in [-0.3, -0.25) is 19.2 Å². The lowest BCUT2D eigenvalue weighted by Gasteiger charge is -2.09. The molecule has 0 saturated heterocycles. The van der Waals surface area contributed by atoms with Crippen molar-refractivity contribution in [2.75, 3.05) is 14.2 Å². The largest absolute Gasteiger partial charge is 0.481 e. The molecule has 90 heavy (non-hydrogen) atoms. The number of carboxylic acid groups (broad SMARTS) is 4. The van der Waals surface area contributed by atoms with Gasteiger partial charge in [-0.15, -0.1) is 0 Å². The predicted octanol–water partition coefficient (Wildman–Crippen LogP) is 14.6. The molecule has 6 aromatic heterocycles. The van der Waals surface area contributed by atoms with E-state index in [-0.39, 0.29) is 63.6 Å². The third kappa shape index (κ3) is 13.1. The van der Waals surface area contributed by atoms with Crippen LogP contribution in [0.5, 0.6) is 0 Å². The lowest BCUT2D eigenvalue weighted by atomic mass is 9.98. The zero-order valence-corrected chi connectivity index (χ0v) is 53.5. The van der Waals surface area contributed by atoms with Crippen molar-refractivity contribution in [2.24, 2.45) is 0 Å². The second-order valence-corrected chi connectivity index (χ2v) is 23.7. The number of aliphatic hydroxyl groups is 2. The zero-order valence-electron chi connectivity index (χ0n) is 53.5. The van der Waals surface area contributed by atoms with Crippen LogP contribution in [-0.2, 0) is 28.7 Å². The van der Waals surface area contributed by atoms with E-state index < -0.39 is 36.1 Å². The number of aryl methyl sites for hydroxylation is 4. The number of aromatic amines is 4. The van der Waals surface area contributed by atoms with Crippen LogP contribution in [0.4, 0.5) is 0 Å². The smallest absolute Gasteiger partial charge is 0.303 e. The first kappa shape index (κ1) is 65.4. The summed E-state index contributed by atoms with van der Waals surface area (Å²) in [4.78, 5) is 80.3. The number of nitrogens with one attached hydrogen (secondary N) is 4. The van der Waals surface area contributed by atoms with Crippen molar-refractivity contribution in [1.82, 2.24) is 39.9 Å². The zero-order chi connectivity index (χ0) is 65.5. The fraction of sp³-hybridized carbons (Fsp3) is 0.371. The number of rotatable bonds is 18. The summed E-state index contributed by atoms with van der Waals surface area (Å²) in [6, 6.07) is 15.5. The first-order valence-corrected chi connectivity index (χ1v) is 30.2. The number of nitrogens with zero attached hydrogens (tertiary/aromatic N) is 4. The van der Waals surface area contributed by atoms with E-state index in [1.807, 2.05) is 118 Å². The minimum atomic E-state index is -0.911. The third-order valence-electron chi connectivity index (χ3n) is 18.0. The molecule has 4 unspecified atom stereocenters. The molecular weight excluding hydrogens is 1140 g/mol. The van der Waals surface area contributed by atoms with Gasteiger partial charge in [0.15, 0.2) is 0 Å². The van der Waals surface area contributed by atoms with Gasteiger partial charge in [-0.05, 0) is 224 Å². The second-order valence-electron chi connectivity index (χ2n) is 23.7. The number of hydrogen-bond donors (Lipinski definition) is 10. The molecule has 4 aliphatic rings. The van der Waals surface area contributed by atoms with Gasteiger partial charge in [-0.2, -0.15) is 0 Å². The highest BCUT2D eigenvalue weighted by atomic mass is 16.5. The Hall–Kier alpha value is -9.08. The number of carbonyl (C=O) groups is 4. The first-order chi connectivity index (χ1) is 42.6. The molecule has 0 amide bonds. The number of allylic oxidation sites excluding steroid dienone is 8. The third-order valence-corrected chi connectivity index (χ3v) is 18.0. The molecular formula is C70H80N8O12. The number of H-pyrrole nitrogens is 4. The Morgan fingerprint density at radius 2 is 0.578 bits per heavy atom. The lowest BCUT2D eigenvalue weighted by molar-refractivity contribution is -0.137. The van der Waals surface area contributed by atoms with Crippen molar-refractivity contribution in [1.29, 1.82) is 0 Å². The summed E-state index contributed by atoms with van der Waals surface area (Å²) in [5.74, 6) is -3.62. The van der Waals surface area contributed by atoms with Gasteiger partial charge >= 0.3 is 23.9 Å². The molecule has 10 N–H and O–H groups in total. The Kier molecular flexibility index (Phi) is 19.3. The number of hydrogen-bond acceptors (Lipinski definition) is 12. The summed E-state index contributed by atoms with van der Waals surface area (Å²) in [7, 11) is 3.34. The number of ether oxygens (including phenoxy) is 2. The monoisotopic (exact) mass is 1220 g/mol. The van der Waals surface area contributed by atoms with Crippen LogP contribution in [0.25, 0.3) is 88.7 Å². The fourth-order valence-electron chi connectivity index (χ4n) is 12.8. The predicted molar refractivity (Wildman–Crippen MR) is 350 cm³/mol. The van der Waals surface area contributed by atoms with Crippen LogP contribution in [0.1, 0.15) is 221 Å². The number of carboxylic acids is 4. The minimum absolute atomic E-state index is 0.0578. The Morgan fingerprint density at radius 3 is 0.833 bits per heavy atom. The molecule has 16 bridgehead atoms. The number of aliphatic carboxylic acids is 4. The summed E-state index contributed by atoms with van der Waals surface area (Å²) >= 11 is 0. The Balaban J connectivity index is 0.000000213. The highest BCUT2D eigenvalue weighted by Gasteiger charge is 2.27. The van der Waals surface area contributed by atoms with Gasteiger partial charge in [-0.1, -0.05) is 0 Å². The quantitative estimate of drug-likeness (QED) is 0.0382. The summed E-state index contributed by atoms with van der Waals surface area (Å²) in [5, 5.41) is 59.7. The van der Waals surface area contributed by atoms with E-state index in [9.17, 15) is 49.8 Å². The highest BCUT2D eigenvalue weighted by molar-refractivity contribution is 5.99. The molecule has 10 heterocycles. The summed E-state index contributed by atoms with van der Waals surface area (Å²) in [5.41, 5.74) is 25.5. The van der Waals surface area contributed by atoms with Gasteiger partial charge in [0.2, 0.25) is 0 Å². The van der Waals surface area contributed by atoms with Crippen LogP contribution in [0, 0.1) is 27.7 Å². The van der Waals surface area contributed by atoms with Gasteiger partial charge in [0.1, 0.15) is 0 Å². The molecule has 4 atom stereocenters. The van der Waals surface area contributed by atoms with Crippen molar-refractivity contribution in [3.63, 3.8) is 0 Å². The Labute approximate surface area is 521 Å². The maximum Gasteiger partial charge on any atom is 0.303 e. The average molecular weight is 1230 g/mol. The maximum absolute atomic E-state index is 11.6. The number of methoxy groups -OCH3 is 2. The van der Waals surface area contributed by atoms with Gasteiger partial charge in [0.25, 0.3) is 0 Å². The molecule has 0 aromatic carbocycles. The molecule has 20 heteroatoms. The molecule has 10 rings (SSSR count). The number of aliphatic hydroxyl groups excluding tert-OH is 2. The Bertz CT molecular complexity index is 4450. The van der Waals surface area contributed by atoms with E-state index in [0.717, 1.165) is 128 Å². The van der Waals surface area contributed by atoms with Gasteiger partial charge in [-0.25, -0.2) is 19.9 Å². The fourth-order valence-corrected chi connectivity index (χ4v) is 12.8. The van der Waals surface area contributed by atoms with Gasteiger partial charge in [0, 0.05) is 106 Å². The van der Waals surface area contributed by atoms with E-state index in [1.54, 1.807) is 28.1 Å². The highest BCUT2D eigenvalue weighted by Crippen LogP contribution is 2.42. The number of aromatic nitrogens is 8. The molecule has 0 saturated carbocycles. The van der Waals surface area contributed by atoms with Crippen molar-refractivity contribution >= 4 is 113 Å². The van der Waals surface area contributed by atoms with Crippen LogP contribution in [-0.4, -0.2) is 109 Å².